The smallest absolute Gasteiger partial charge is 0.338 e. The van der Waals surface area contributed by atoms with Gasteiger partial charge >= 0.3 is 11.9 Å². The van der Waals surface area contributed by atoms with Crippen LogP contribution in [-0.4, -0.2) is 223 Å². The lowest BCUT2D eigenvalue weighted by molar-refractivity contribution is 0.00432. The third-order valence-corrected chi connectivity index (χ3v) is 12.5. The van der Waals surface area contributed by atoms with Crippen LogP contribution < -0.4 is 37.9 Å². The number of hydrogen-bond acceptors (Lipinski definition) is 24. The fourth-order valence-corrected chi connectivity index (χ4v) is 8.19. The largest absolute Gasteiger partial charge is 0.491 e. The van der Waals surface area contributed by atoms with Crippen molar-refractivity contribution in [1.29, 1.82) is 0 Å². The highest BCUT2D eigenvalue weighted by atomic mass is 16.6. The van der Waals surface area contributed by atoms with E-state index in [0.29, 0.717) is 242 Å². The molecule has 0 atom stereocenters. The second kappa shape index (κ2) is 45.2. The molecular weight excluding hydrogens is 1180 g/mol. The molecule has 0 saturated heterocycles. The predicted octanol–water partition coefficient (Wildman–Crippen LogP) is 7.06. The average molecular weight is 1260 g/mol. The molecule has 0 fully saturated rings. The normalized spacial score (nSPS) is 18.0. The number of ether oxygens (including phenoxy) is 22. The SMILES string of the molecule is O=C(OCc1cc2cc(c1)OCCOCCOCCOCCOc1cccc(c1)OCCOCCOCCOCCO2)c1ccc(C(=O)OCc2cc3cc(c2)OCCOCCOCCOCCOc2cccc(c2)OCCOCCOCCOCCO3)cc1. The third kappa shape index (κ3) is 31.1. The second-order valence-electron chi connectivity index (χ2n) is 19.4. The van der Waals surface area contributed by atoms with Gasteiger partial charge in [0.2, 0.25) is 0 Å². The van der Waals surface area contributed by atoms with Crippen molar-refractivity contribution in [3.63, 3.8) is 0 Å². The second-order valence-corrected chi connectivity index (χ2v) is 19.4. The van der Waals surface area contributed by atoms with E-state index in [2.05, 4.69) is 0 Å². The molecule has 2 aliphatic heterocycles. The molecule has 0 aliphatic carbocycles. The van der Waals surface area contributed by atoms with E-state index in [9.17, 15) is 9.59 Å². The van der Waals surface area contributed by atoms with E-state index in [1.807, 2.05) is 48.5 Å². The Morgan fingerprint density at radius 1 is 0.233 bits per heavy atom. The fourth-order valence-electron chi connectivity index (χ4n) is 8.19. The van der Waals surface area contributed by atoms with Crippen LogP contribution in [0.25, 0.3) is 0 Å². The van der Waals surface area contributed by atoms with Gasteiger partial charge in [-0.1, -0.05) is 12.1 Å². The van der Waals surface area contributed by atoms with Crippen LogP contribution in [0.1, 0.15) is 31.8 Å². The molecule has 0 saturated carbocycles. The van der Waals surface area contributed by atoms with Crippen LogP contribution in [0.3, 0.4) is 0 Å². The Balaban J connectivity index is 0.843. The van der Waals surface area contributed by atoms with Gasteiger partial charge in [0.15, 0.2) is 0 Å². The quantitative estimate of drug-likeness (QED) is 0.155. The molecule has 5 aromatic carbocycles. The Hall–Kier alpha value is -7.04. The van der Waals surface area contributed by atoms with Crippen LogP contribution in [0.5, 0.6) is 46.0 Å². The van der Waals surface area contributed by atoms with Gasteiger partial charge in [0.25, 0.3) is 0 Å². The third-order valence-electron chi connectivity index (χ3n) is 12.5. The van der Waals surface area contributed by atoms with Gasteiger partial charge in [0.05, 0.1) is 170 Å². The zero-order chi connectivity index (χ0) is 62.4. The Bertz CT molecular complexity index is 2400. The van der Waals surface area contributed by atoms with E-state index in [1.165, 1.54) is 24.3 Å². The maximum Gasteiger partial charge on any atom is 0.338 e. The van der Waals surface area contributed by atoms with Crippen LogP contribution in [0, 0.1) is 0 Å². The Kier molecular flexibility index (Phi) is 35.4. The summed E-state index contributed by atoms with van der Waals surface area (Å²) in [7, 11) is 0. The summed E-state index contributed by atoms with van der Waals surface area (Å²) in [6.45, 7) is 11.3. The van der Waals surface area contributed by atoms with Crippen molar-refractivity contribution in [3.8, 4) is 46.0 Å². The number of benzene rings is 5. The Morgan fingerprint density at radius 2 is 0.411 bits per heavy atom. The number of carbonyl (C=O) groups is 2. The van der Waals surface area contributed by atoms with Crippen molar-refractivity contribution in [2.24, 2.45) is 0 Å². The van der Waals surface area contributed by atoms with Gasteiger partial charge in [-0.2, -0.15) is 0 Å². The lowest BCUT2D eigenvalue weighted by Crippen LogP contribution is -2.15. The number of carbonyl (C=O) groups excluding carboxylic acids is 2. The maximum absolute atomic E-state index is 13.4. The molecule has 24 heteroatoms. The van der Waals surface area contributed by atoms with Crippen molar-refractivity contribution < 1.29 is 114 Å². The van der Waals surface area contributed by atoms with E-state index in [0.717, 1.165) is 0 Å². The highest BCUT2D eigenvalue weighted by molar-refractivity contribution is 5.93. The highest BCUT2D eigenvalue weighted by Crippen LogP contribution is 2.27. The standard InChI is InChI=1S/C66H86O24/c67-65(89-51-53-43-61-49-62(44-53)86-40-32-78-24-16-70-12-20-74-28-36-82-58-4-1-3-57(47-58)81-35-27-73-19-11-69-15-23-77-31-39-85-61)55-7-9-56(10-8-55)66(68)90-52-54-45-63-50-64(46-54)88-42-34-80-26-18-72-14-22-76-30-38-84-60-6-2-5-59(48-60)83-37-29-75-21-13-71-17-25-79-33-41-87-63/h1-10,43-50H,11-42,51-52H2. The highest BCUT2D eigenvalue weighted by Gasteiger charge is 2.15. The first-order chi connectivity index (χ1) is 44.5. The predicted molar refractivity (Wildman–Crippen MR) is 324 cm³/mol. The zero-order valence-electron chi connectivity index (χ0n) is 51.2. The van der Waals surface area contributed by atoms with Gasteiger partial charge in [-0.05, 0) is 83.9 Å². The molecule has 2 aliphatic rings. The first-order valence-corrected chi connectivity index (χ1v) is 30.4. The molecule has 5 aromatic rings. The molecule has 0 spiro atoms. The van der Waals surface area contributed by atoms with Crippen LogP contribution in [0.2, 0.25) is 0 Å². The van der Waals surface area contributed by atoms with Crippen LogP contribution in [0.4, 0.5) is 0 Å². The Morgan fingerprint density at radius 3 is 0.622 bits per heavy atom. The molecule has 90 heavy (non-hydrogen) atoms. The lowest BCUT2D eigenvalue weighted by atomic mass is 10.1. The monoisotopic (exact) mass is 1260 g/mol. The number of esters is 2. The molecule has 0 radical (unpaired) electrons. The van der Waals surface area contributed by atoms with Crippen molar-refractivity contribution >= 4 is 11.9 Å². The Labute approximate surface area is 526 Å². The number of fused-ring (bicyclic) bond motifs is 8. The van der Waals surface area contributed by atoms with Crippen molar-refractivity contribution in [3.05, 3.63) is 131 Å². The summed E-state index contributed by atoms with van der Waals surface area (Å²) in [5, 5.41) is 0. The van der Waals surface area contributed by atoms with Gasteiger partial charge in [-0.3, -0.25) is 0 Å². The van der Waals surface area contributed by atoms with Crippen molar-refractivity contribution in [2.45, 2.75) is 13.2 Å². The van der Waals surface area contributed by atoms with E-state index in [-0.39, 0.29) is 50.8 Å². The first-order valence-electron chi connectivity index (χ1n) is 30.4. The van der Waals surface area contributed by atoms with E-state index in [4.69, 9.17) is 104 Å². The summed E-state index contributed by atoms with van der Waals surface area (Å²) < 4.78 is 127. The average Bonchev–Trinajstić information content (AvgIpc) is 3.42. The molecule has 0 amide bonds. The van der Waals surface area contributed by atoms with Crippen molar-refractivity contribution in [1.82, 2.24) is 0 Å². The van der Waals surface area contributed by atoms with E-state index in [1.54, 1.807) is 36.4 Å². The summed E-state index contributed by atoms with van der Waals surface area (Å²) in [5.74, 6) is 3.47. The molecule has 0 unspecified atom stereocenters. The summed E-state index contributed by atoms with van der Waals surface area (Å²) in [5.41, 5.74) is 1.68. The molecule has 0 aromatic heterocycles. The van der Waals surface area contributed by atoms with Gasteiger partial charge in [-0.25, -0.2) is 9.59 Å². The van der Waals surface area contributed by atoms with Crippen LogP contribution >= 0.6 is 0 Å². The summed E-state index contributed by atoms with van der Waals surface area (Å²) in [6.07, 6.45) is 0. The topological polar surface area (TPSA) is 237 Å². The van der Waals surface area contributed by atoms with Crippen molar-refractivity contribution in [2.75, 3.05) is 211 Å². The first kappa shape index (κ1) is 70.4. The summed E-state index contributed by atoms with van der Waals surface area (Å²) in [4.78, 5) is 26.7. The van der Waals surface area contributed by atoms with Crippen LogP contribution in [-0.2, 0) is 79.5 Å². The minimum atomic E-state index is -0.610. The molecule has 7 rings (SSSR count). The lowest BCUT2D eigenvalue weighted by Gasteiger charge is -2.14. The fraction of sp³-hybridized carbons (Fsp3) is 0.515. The van der Waals surface area contributed by atoms with Crippen LogP contribution in [0.15, 0.2) is 109 Å². The number of rotatable bonds is 6. The zero-order valence-corrected chi connectivity index (χ0v) is 51.2. The van der Waals surface area contributed by atoms with Gasteiger partial charge in [-0.15, -0.1) is 0 Å². The molecule has 2 heterocycles. The molecule has 0 N–H and O–H groups in total. The number of hydrogen-bond donors (Lipinski definition) is 0. The molecule has 24 nitrogen and oxygen atoms in total. The minimum Gasteiger partial charge on any atom is -0.491 e. The summed E-state index contributed by atoms with van der Waals surface area (Å²) >= 11 is 0. The molecule has 8 bridgehead atoms. The van der Waals surface area contributed by atoms with Gasteiger partial charge in [0.1, 0.15) is 112 Å². The van der Waals surface area contributed by atoms with E-state index < -0.39 is 11.9 Å². The minimum absolute atomic E-state index is 0.102. The van der Waals surface area contributed by atoms with E-state index >= 15 is 0 Å². The molecular formula is C66H86O24. The van der Waals surface area contributed by atoms with Gasteiger partial charge in [0, 0.05) is 24.3 Å². The van der Waals surface area contributed by atoms with Gasteiger partial charge < -0.3 is 104 Å². The summed E-state index contributed by atoms with van der Waals surface area (Å²) in [6, 6.07) is 31.4. The maximum atomic E-state index is 13.4. The molecule has 494 valence electrons.